The van der Waals surface area contributed by atoms with Crippen LogP contribution in [0, 0.1) is 28.6 Å². The molecule has 34 heavy (non-hydrogen) atoms. The van der Waals surface area contributed by atoms with Gasteiger partial charge >= 0.3 is 0 Å². The van der Waals surface area contributed by atoms with Crippen molar-refractivity contribution in [3.05, 3.63) is 11.6 Å². The predicted octanol–water partition coefficient (Wildman–Crippen LogP) is 2.83. The van der Waals surface area contributed by atoms with Crippen LogP contribution in [0.15, 0.2) is 11.6 Å². The molecule has 10 atom stereocenters. The Kier molecular flexibility index (Phi) is 6.22. The number of hydrogen-bond acceptors (Lipinski definition) is 6. The van der Waals surface area contributed by atoms with Crippen molar-refractivity contribution in [3.8, 4) is 0 Å². The molecular weight excluding hydrogens is 439 g/mol. The van der Waals surface area contributed by atoms with E-state index in [0.717, 1.165) is 0 Å². The van der Waals surface area contributed by atoms with Gasteiger partial charge in [0.1, 0.15) is 5.67 Å². The number of allylic oxidation sites excluding steroid dienone is 1. The van der Waals surface area contributed by atoms with Crippen molar-refractivity contribution in [3.63, 3.8) is 0 Å². The number of carbonyl (C=O) groups is 1. The first-order valence-electron chi connectivity index (χ1n) is 12.9. The van der Waals surface area contributed by atoms with Crippen molar-refractivity contribution < 1.29 is 34.7 Å². The highest BCUT2D eigenvalue weighted by Crippen LogP contribution is 2.68. The Hall–Kier alpha value is -0.860. The molecule has 3 fully saturated rings. The Balaban J connectivity index is 1.66. The fourth-order valence-electron chi connectivity index (χ4n) is 8.31. The van der Waals surface area contributed by atoms with Crippen LogP contribution in [0.3, 0.4) is 0 Å². The molecule has 0 aromatic heterocycles. The fraction of sp³-hybridized carbons (Fsp3) is 0.889. The van der Waals surface area contributed by atoms with E-state index in [9.17, 15) is 34.7 Å². The first-order chi connectivity index (χ1) is 15.5. The van der Waals surface area contributed by atoms with Crippen LogP contribution in [0.4, 0.5) is 4.39 Å². The maximum absolute atomic E-state index is 14.1. The summed E-state index contributed by atoms with van der Waals surface area (Å²) in [6.45, 7) is 8.44. The quantitative estimate of drug-likeness (QED) is 0.411. The maximum atomic E-state index is 14.1. The van der Waals surface area contributed by atoms with Crippen LogP contribution in [-0.2, 0) is 4.79 Å². The van der Waals surface area contributed by atoms with E-state index in [4.69, 9.17) is 0 Å². The van der Waals surface area contributed by atoms with Crippen molar-refractivity contribution in [2.45, 2.75) is 121 Å². The molecule has 0 amide bonds. The van der Waals surface area contributed by atoms with E-state index in [1.165, 1.54) is 13.8 Å². The number of rotatable bonds is 5. The zero-order valence-electron chi connectivity index (χ0n) is 21.2. The fourth-order valence-corrected chi connectivity index (χ4v) is 8.31. The third kappa shape index (κ3) is 3.73. The first kappa shape index (κ1) is 26.2. The second-order valence-corrected chi connectivity index (χ2v) is 13.1. The van der Waals surface area contributed by atoms with Crippen molar-refractivity contribution >= 4 is 5.78 Å². The van der Waals surface area contributed by atoms with Crippen LogP contribution in [0.2, 0.25) is 0 Å². The smallest absolute Gasteiger partial charge is 0.159 e. The molecule has 0 heterocycles. The highest BCUT2D eigenvalue weighted by Gasteiger charge is 2.69. The first-order valence-corrected chi connectivity index (χ1v) is 12.9. The van der Waals surface area contributed by atoms with Gasteiger partial charge in [-0.05, 0) is 101 Å². The average molecular weight is 483 g/mol. The van der Waals surface area contributed by atoms with E-state index >= 15 is 0 Å². The molecule has 0 aliphatic heterocycles. The third-order valence-electron chi connectivity index (χ3n) is 10.5. The minimum Gasteiger partial charge on any atom is -0.390 e. The Morgan fingerprint density at radius 1 is 1.12 bits per heavy atom. The molecule has 7 heteroatoms. The number of fused-ring (bicyclic) bond motifs is 5. The second kappa shape index (κ2) is 8.07. The van der Waals surface area contributed by atoms with E-state index in [1.807, 2.05) is 13.8 Å². The molecule has 5 N–H and O–H groups in total. The lowest BCUT2D eigenvalue weighted by Gasteiger charge is -2.60. The lowest BCUT2D eigenvalue weighted by Crippen LogP contribution is -2.62. The van der Waals surface area contributed by atoms with E-state index < -0.39 is 57.8 Å². The summed E-state index contributed by atoms with van der Waals surface area (Å²) in [6, 6.07) is 0. The number of aliphatic hydroxyl groups is 5. The lowest BCUT2D eigenvalue weighted by atomic mass is 9.45. The van der Waals surface area contributed by atoms with Crippen LogP contribution in [0.1, 0.15) is 86.0 Å². The second-order valence-electron chi connectivity index (χ2n) is 13.1. The highest BCUT2D eigenvalue weighted by atomic mass is 19.1. The van der Waals surface area contributed by atoms with Crippen LogP contribution in [-0.4, -0.2) is 66.5 Å². The van der Waals surface area contributed by atoms with Crippen LogP contribution in [0.5, 0.6) is 0 Å². The molecule has 1 unspecified atom stereocenters. The van der Waals surface area contributed by atoms with Crippen molar-refractivity contribution in [1.29, 1.82) is 0 Å². The van der Waals surface area contributed by atoms with Crippen LogP contribution < -0.4 is 0 Å². The summed E-state index contributed by atoms with van der Waals surface area (Å²) >= 11 is 0. The summed E-state index contributed by atoms with van der Waals surface area (Å²) in [6.07, 6.45) is 1.53. The molecule has 0 aromatic carbocycles. The molecule has 0 aromatic rings. The Bertz CT molecular complexity index is 864. The topological polar surface area (TPSA) is 118 Å². The molecule has 6 nitrogen and oxygen atoms in total. The Labute approximate surface area is 202 Å². The van der Waals surface area contributed by atoms with E-state index in [0.29, 0.717) is 37.7 Å². The van der Waals surface area contributed by atoms with Gasteiger partial charge in [0.05, 0.1) is 29.5 Å². The van der Waals surface area contributed by atoms with Gasteiger partial charge < -0.3 is 25.5 Å². The summed E-state index contributed by atoms with van der Waals surface area (Å²) in [5.74, 6) is -1.03. The normalized spacial score (nSPS) is 47.2. The summed E-state index contributed by atoms with van der Waals surface area (Å²) in [5, 5.41) is 55.3. The third-order valence-corrected chi connectivity index (χ3v) is 10.5. The molecule has 0 bridgehead atoms. The molecule has 194 valence electrons. The van der Waals surface area contributed by atoms with Gasteiger partial charge in [-0.2, -0.15) is 0 Å². The number of alkyl halides is 1. The van der Waals surface area contributed by atoms with Crippen LogP contribution in [0.25, 0.3) is 0 Å². The van der Waals surface area contributed by atoms with E-state index in [2.05, 4.69) is 0 Å². The van der Waals surface area contributed by atoms with Gasteiger partial charge in [0.15, 0.2) is 5.78 Å². The predicted molar refractivity (Wildman–Crippen MR) is 125 cm³/mol. The van der Waals surface area contributed by atoms with Gasteiger partial charge in [0.25, 0.3) is 0 Å². The summed E-state index contributed by atoms with van der Waals surface area (Å²) in [4.78, 5) is 13.2. The number of hydrogen-bond donors (Lipinski definition) is 5. The van der Waals surface area contributed by atoms with Crippen LogP contribution >= 0.6 is 0 Å². The lowest BCUT2D eigenvalue weighted by molar-refractivity contribution is -0.176. The monoisotopic (exact) mass is 482 g/mol. The van der Waals surface area contributed by atoms with Crippen molar-refractivity contribution in [1.82, 2.24) is 0 Å². The zero-order chi connectivity index (χ0) is 25.5. The van der Waals surface area contributed by atoms with E-state index in [-0.39, 0.29) is 31.0 Å². The van der Waals surface area contributed by atoms with Crippen molar-refractivity contribution in [2.24, 2.45) is 28.6 Å². The number of aliphatic hydroxyl groups excluding tert-OH is 3. The molecule has 0 radical (unpaired) electrons. The molecule has 0 saturated heterocycles. The van der Waals surface area contributed by atoms with E-state index in [1.54, 1.807) is 13.0 Å². The molecule has 0 spiro atoms. The summed E-state index contributed by atoms with van der Waals surface area (Å²) in [7, 11) is 0. The Morgan fingerprint density at radius 2 is 1.76 bits per heavy atom. The molecule has 3 saturated carbocycles. The molecule has 4 rings (SSSR count). The van der Waals surface area contributed by atoms with Crippen molar-refractivity contribution in [2.75, 3.05) is 0 Å². The number of halogens is 1. The van der Waals surface area contributed by atoms with Gasteiger partial charge in [-0.3, -0.25) is 4.79 Å². The van der Waals surface area contributed by atoms with Gasteiger partial charge in [0.2, 0.25) is 0 Å². The molecule has 4 aliphatic rings. The highest BCUT2D eigenvalue weighted by molar-refractivity contribution is 5.95. The number of carbonyl (C=O) groups excluding carboxylic acids is 1. The maximum Gasteiger partial charge on any atom is 0.159 e. The average Bonchev–Trinajstić information content (AvgIpc) is 3.00. The number of ketones is 1. The van der Waals surface area contributed by atoms with Gasteiger partial charge in [0, 0.05) is 11.3 Å². The summed E-state index contributed by atoms with van der Waals surface area (Å²) in [5.41, 5.74) is -4.91. The summed E-state index contributed by atoms with van der Waals surface area (Å²) < 4.78 is 14.1. The minimum atomic E-state index is -1.52. The molecule has 4 aliphatic carbocycles. The van der Waals surface area contributed by atoms with Gasteiger partial charge in [-0.25, -0.2) is 4.39 Å². The SMILES string of the molecule is CC(C)(F)CC[C@@H](O)[C@](C)(O)[C@H]1CC[C@@]2(O)C3=CC(=O)[C@@H]4C[C@@H](O)[C@@H](O)C[C@]4(C)C3CC[C@]12C. The zero-order valence-corrected chi connectivity index (χ0v) is 21.2. The van der Waals surface area contributed by atoms with Gasteiger partial charge in [-0.15, -0.1) is 0 Å². The van der Waals surface area contributed by atoms with Gasteiger partial charge in [-0.1, -0.05) is 13.8 Å². The largest absolute Gasteiger partial charge is 0.390 e. The Morgan fingerprint density at radius 3 is 2.38 bits per heavy atom. The minimum absolute atomic E-state index is 0.101. The standard InChI is InChI=1S/C27H43FO6/c1-23(2,28)9-8-22(32)26(5,33)21-7-11-27(34)16-12-18(29)17-13-19(30)20(31)14-24(17,3)15(16)6-10-25(21,27)4/h12,15,17,19-22,30-34H,6-11,13-14H2,1-5H3/t15?,17-,19+,20-,21-,22+,24+,25+,26+,27+/m0/s1. The molecular formula is C27H43FO6.